The molecule has 1 heterocycles. The van der Waals surface area contributed by atoms with Crippen LogP contribution < -0.4 is 15.8 Å². The lowest BCUT2D eigenvalue weighted by Gasteiger charge is -2.06. The number of nitrogens with zero attached hydrogens (tertiary/aromatic N) is 3. The number of methoxy groups -OCH3 is 1. The van der Waals surface area contributed by atoms with Crippen LogP contribution in [-0.4, -0.2) is 34.3 Å². The van der Waals surface area contributed by atoms with Crippen LogP contribution in [-0.2, 0) is 6.54 Å². The first kappa shape index (κ1) is 17.8. The van der Waals surface area contributed by atoms with E-state index in [1.165, 1.54) is 4.68 Å². The topological polar surface area (TPSA) is 95.1 Å². The Balaban J connectivity index is 1.72. The Hall–Kier alpha value is -3.00. The van der Waals surface area contributed by atoms with E-state index in [1.807, 2.05) is 54.8 Å². The summed E-state index contributed by atoms with van der Waals surface area (Å²) in [6, 6.07) is 15.1. The van der Waals surface area contributed by atoms with Crippen molar-refractivity contribution in [2.45, 2.75) is 11.4 Å². The number of nitrogens with two attached hydrogens (primary N) is 1. The molecule has 0 aliphatic carbocycles. The second-order valence-electron chi connectivity index (χ2n) is 5.47. The number of benzene rings is 2. The Kier molecular flexibility index (Phi) is 5.43. The average molecular weight is 369 g/mol. The van der Waals surface area contributed by atoms with Crippen LogP contribution in [0.3, 0.4) is 0 Å². The van der Waals surface area contributed by atoms with Crippen molar-refractivity contribution in [3.63, 3.8) is 0 Å². The predicted molar refractivity (Wildman–Crippen MR) is 102 cm³/mol. The molecule has 0 unspecified atom stereocenters. The Labute approximate surface area is 155 Å². The molecule has 2 aromatic carbocycles. The first-order chi connectivity index (χ1) is 12.6. The van der Waals surface area contributed by atoms with Gasteiger partial charge in [0.25, 0.3) is 5.91 Å². The van der Waals surface area contributed by atoms with Crippen molar-refractivity contribution in [2.75, 3.05) is 19.1 Å². The maximum absolute atomic E-state index is 12.4. The van der Waals surface area contributed by atoms with Crippen molar-refractivity contribution in [3.05, 3.63) is 59.8 Å². The number of nitrogen functional groups attached to an aromatic ring is 1. The average Bonchev–Trinajstić information content (AvgIpc) is 3.08. The zero-order valence-corrected chi connectivity index (χ0v) is 15.3. The Morgan fingerprint density at radius 2 is 2.04 bits per heavy atom. The molecule has 7 nitrogen and oxygen atoms in total. The quantitative estimate of drug-likeness (QED) is 0.648. The van der Waals surface area contributed by atoms with Crippen molar-refractivity contribution < 1.29 is 9.53 Å². The summed E-state index contributed by atoms with van der Waals surface area (Å²) in [6.45, 7) is 0.358. The maximum atomic E-state index is 12.4. The molecule has 1 aromatic heterocycles. The van der Waals surface area contributed by atoms with Gasteiger partial charge in [-0.3, -0.25) is 4.79 Å². The molecule has 0 bridgehead atoms. The number of hydrogen-bond acceptors (Lipinski definition) is 6. The predicted octanol–water partition coefficient (Wildman–Crippen LogP) is 2.51. The number of amides is 1. The fourth-order valence-electron chi connectivity index (χ4n) is 2.39. The molecule has 3 aromatic rings. The number of ether oxygens (including phenoxy) is 1. The maximum Gasteiger partial charge on any atom is 0.275 e. The standard InChI is InChI=1S/C18H19N5O2S/c1-25-14-8-6-12(7-9-14)11-20-18(24)16-17(19)23(22-21-16)13-4-3-5-15(10-13)26-2/h3-10H,11,19H2,1-2H3,(H,20,24). The molecule has 0 saturated carbocycles. The molecular formula is C18H19N5O2S. The number of carbonyl (C=O) groups excluding carboxylic acids is 1. The molecule has 0 spiro atoms. The van der Waals surface area contributed by atoms with E-state index in [4.69, 9.17) is 10.5 Å². The Bertz CT molecular complexity index is 908. The van der Waals surface area contributed by atoms with E-state index in [0.717, 1.165) is 21.9 Å². The van der Waals surface area contributed by atoms with Gasteiger partial charge in [-0.1, -0.05) is 23.4 Å². The Morgan fingerprint density at radius 1 is 1.27 bits per heavy atom. The van der Waals surface area contributed by atoms with Gasteiger partial charge in [0.15, 0.2) is 11.5 Å². The van der Waals surface area contributed by atoms with Gasteiger partial charge in [0.05, 0.1) is 12.8 Å². The first-order valence-corrected chi connectivity index (χ1v) is 9.11. The van der Waals surface area contributed by atoms with E-state index in [-0.39, 0.29) is 17.4 Å². The van der Waals surface area contributed by atoms with Gasteiger partial charge in [-0.2, -0.15) is 4.68 Å². The normalized spacial score (nSPS) is 10.5. The third-order valence-corrected chi connectivity index (χ3v) is 4.56. The van der Waals surface area contributed by atoms with E-state index in [2.05, 4.69) is 15.6 Å². The monoisotopic (exact) mass is 369 g/mol. The minimum Gasteiger partial charge on any atom is -0.497 e. The SMILES string of the molecule is COc1ccc(CNC(=O)c2nnn(-c3cccc(SC)c3)c2N)cc1. The number of aromatic nitrogens is 3. The number of rotatable bonds is 6. The smallest absolute Gasteiger partial charge is 0.275 e. The largest absolute Gasteiger partial charge is 0.497 e. The lowest BCUT2D eigenvalue weighted by molar-refractivity contribution is 0.0947. The van der Waals surface area contributed by atoms with Gasteiger partial charge in [0.2, 0.25) is 0 Å². The summed E-state index contributed by atoms with van der Waals surface area (Å²) < 4.78 is 6.58. The fourth-order valence-corrected chi connectivity index (χ4v) is 2.85. The van der Waals surface area contributed by atoms with Crippen molar-refractivity contribution in [1.29, 1.82) is 0 Å². The van der Waals surface area contributed by atoms with E-state index < -0.39 is 0 Å². The van der Waals surface area contributed by atoms with Gasteiger partial charge >= 0.3 is 0 Å². The molecule has 1 amide bonds. The van der Waals surface area contributed by atoms with E-state index in [9.17, 15) is 4.79 Å². The van der Waals surface area contributed by atoms with Crippen molar-refractivity contribution >= 4 is 23.5 Å². The van der Waals surface area contributed by atoms with E-state index in [0.29, 0.717) is 6.54 Å². The van der Waals surface area contributed by atoms with E-state index in [1.54, 1.807) is 18.9 Å². The van der Waals surface area contributed by atoms with Gasteiger partial charge in [0, 0.05) is 11.4 Å². The van der Waals surface area contributed by atoms with Crippen LogP contribution in [0.25, 0.3) is 5.69 Å². The zero-order valence-electron chi connectivity index (χ0n) is 14.5. The molecule has 3 rings (SSSR count). The molecule has 26 heavy (non-hydrogen) atoms. The summed E-state index contributed by atoms with van der Waals surface area (Å²) in [4.78, 5) is 13.5. The summed E-state index contributed by atoms with van der Waals surface area (Å²) in [6.07, 6.45) is 1.99. The van der Waals surface area contributed by atoms with Crippen molar-refractivity contribution in [1.82, 2.24) is 20.3 Å². The van der Waals surface area contributed by atoms with Crippen LogP contribution >= 0.6 is 11.8 Å². The van der Waals surface area contributed by atoms with Crippen LogP contribution in [0, 0.1) is 0 Å². The third-order valence-electron chi connectivity index (χ3n) is 3.83. The van der Waals surface area contributed by atoms with Crippen LogP contribution in [0.2, 0.25) is 0 Å². The number of thioether (sulfide) groups is 1. The molecule has 0 atom stereocenters. The number of carbonyl (C=O) groups is 1. The highest BCUT2D eigenvalue weighted by molar-refractivity contribution is 7.98. The first-order valence-electron chi connectivity index (χ1n) is 7.89. The summed E-state index contributed by atoms with van der Waals surface area (Å²) in [7, 11) is 1.61. The third kappa shape index (κ3) is 3.80. The van der Waals surface area contributed by atoms with Gasteiger partial charge in [0.1, 0.15) is 5.75 Å². The second kappa shape index (κ2) is 7.92. The summed E-state index contributed by atoms with van der Waals surface area (Å²) in [5, 5.41) is 10.8. The van der Waals surface area contributed by atoms with Crippen LogP contribution in [0.5, 0.6) is 5.75 Å². The molecule has 3 N–H and O–H groups in total. The second-order valence-corrected chi connectivity index (χ2v) is 6.35. The van der Waals surface area contributed by atoms with Crippen LogP contribution in [0.15, 0.2) is 53.4 Å². The molecule has 0 aliphatic heterocycles. The zero-order chi connectivity index (χ0) is 18.5. The number of hydrogen-bond donors (Lipinski definition) is 2. The minimum atomic E-state index is -0.370. The van der Waals surface area contributed by atoms with Crippen molar-refractivity contribution in [3.8, 4) is 11.4 Å². The van der Waals surface area contributed by atoms with Gasteiger partial charge in [-0.15, -0.1) is 16.9 Å². The van der Waals surface area contributed by atoms with Gasteiger partial charge in [-0.25, -0.2) is 0 Å². The lowest BCUT2D eigenvalue weighted by atomic mass is 10.2. The fraction of sp³-hybridized carbons (Fsp3) is 0.167. The summed E-state index contributed by atoms with van der Waals surface area (Å²) in [5.41, 5.74) is 7.90. The highest BCUT2D eigenvalue weighted by Crippen LogP contribution is 2.21. The molecule has 0 fully saturated rings. The molecular weight excluding hydrogens is 350 g/mol. The number of nitrogens with one attached hydrogen (secondary N) is 1. The summed E-state index contributed by atoms with van der Waals surface area (Å²) >= 11 is 1.61. The molecule has 0 saturated heterocycles. The van der Waals surface area contributed by atoms with Gasteiger partial charge < -0.3 is 15.8 Å². The minimum absolute atomic E-state index is 0.105. The molecule has 134 valence electrons. The Morgan fingerprint density at radius 3 is 2.73 bits per heavy atom. The van der Waals surface area contributed by atoms with Crippen LogP contribution in [0.1, 0.15) is 16.1 Å². The van der Waals surface area contributed by atoms with Crippen molar-refractivity contribution in [2.24, 2.45) is 0 Å². The summed E-state index contributed by atoms with van der Waals surface area (Å²) in [5.74, 6) is 0.598. The highest BCUT2D eigenvalue weighted by atomic mass is 32.2. The highest BCUT2D eigenvalue weighted by Gasteiger charge is 2.18. The van der Waals surface area contributed by atoms with Crippen LogP contribution in [0.4, 0.5) is 5.82 Å². The van der Waals surface area contributed by atoms with Gasteiger partial charge in [-0.05, 0) is 42.2 Å². The number of anilines is 1. The van der Waals surface area contributed by atoms with E-state index >= 15 is 0 Å². The lowest BCUT2D eigenvalue weighted by Crippen LogP contribution is -2.24. The molecule has 8 heteroatoms. The molecule has 0 aliphatic rings. The molecule has 0 radical (unpaired) electrons.